The minimum absolute atomic E-state index is 0.00515. The van der Waals surface area contributed by atoms with Crippen LogP contribution in [0.25, 0.3) is 0 Å². The monoisotopic (exact) mass is 260 g/mol. The van der Waals surface area contributed by atoms with Crippen molar-refractivity contribution >= 4 is 11.8 Å². The van der Waals surface area contributed by atoms with Crippen molar-refractivity contribution in [1.29, 1.82) is 0 Å². The highest BCUT2D eigenvalue weighted by molar-refractivity contribution is 5.87. The second-order valence-corrected chi connectivity index (χ2v) is 4.97. The summed E-state index contributed by atoms with van der Waals surface area (Å²) >= 11 is 0. The predicted octanol–water partition coefficient (Wildman–Crippen LogP) is -0.336. The summed E-state index contributed by atoms with van der Waals surface area (Å²) in [5.74, 6) is -0.362. The molecule has 0 radical (unpaired) electrons. The molecule has 0 unspecified atom stereocenters. The second-order valence-electron chi connectivity index (χ2n) is 4.97. The van der Waals surface area contributed by atoms with E-state index in [9.17, 15) is 9.59 Å². The molecular formula is C12H24N2O4. The summed E-state index contributed by atoms with van der Waals surface area (Å²) in [5.41, 5.74) is -0.488. The van der Waals surface area contributed by atoms with Gasteiger partial charge in [0.05, 0.1) is 19.8 Å². The van der Waals surface area contributed by atoms with Gasteiger partial charge in [-0.3, -0.25) is 9.59 Å². The first kappa shape index (κ1) is 16.9. The number of carbonyl (C=O) groups excluding carboxylic acids is 2. The van der Waals surface area contributed by atoms with Crippen LogP contribution in [0.4, 0.5) is 0 Å². The molecule has 0 aliphatic carbocycles. The third-order valence-electron chi connectivity index (χ3n) is 2.11. The Balaban J connectivity index is 3.52. The number of amides is 2. The van der Waals surface area contributed by atoms with Crippen molar-refractivity contribution < 1.29 is 19.4 Å². The third-order valence-corrected chi connectivity index (χ3v) is 2.11. The summed E-state index contributed by atoms with van der Waals surface area (Å²) < 4.78 is 5.04. The van der Waals surface area contributed by atoms with Gasteiger partial charge in [-0.05, 0) is 6.42 Å². The molecule has 0 aromatic carbocycles. The molecule has 2 amide bonds. The quantitative estimate of drug-likeness (QED) is 0.521. The molecule has 0 atom stereocenters. The number of aliphatic hydroxyl groups excluding tert-OH is 1. The molecule has 6 heteroatoms. The van der Waals surface area contributed by atoms with Crippen molar-refractivity contribution in [2.75, 3.05) is 32.9 Å². The molecule has 0 saturated carbocycles. The van der Waals surface area contributed by atoms with Crippen LogP contribution in [0.3, 0.4) is 0 Å². The first-order valence-corrected chi connectivity index (χ1v) is 6.11. The Kier molecular flexibility index (Phi) is 8.32. The molecule has 18 heavy (non-hydrogen) atoms. The molecule has 106 valence electrons. The first-order chi connectivity index (χ1) is 8.38. The van der Waals surface area contributed by atoms with E-state index >= 15 is 0 Å². The highest BCUT2D eigenvalue weighted by Crippen LogP contribution is 2.11. The van der Waals surface area contributed by atoms with E-state index in [1.807, 2.05) is 0 Å². The van der Waals surface area contributed by atoms with Gasteiger partial charge < -0.3 is 20.5 Å². The number of hydrogen-bond donors (Lipinski definition) is 3. The zero-order valence-corrected chi connectivity index (χ0v) is 11.4. The normalized spacial score (nSPS) is 11.1. The molecule has 3 N–H and O–H groups in total. The maximum Gasteiger partial charge on any atom is 0.239 e. The van der Waals surface area contributed by atoms with E-state index in [1.165, 1.54) is 0 Å². The van der Waals surface area contributed by atoms with Gasteiger partial charge in [0.2, 0.25) is 11.8 Å². The zero-order chi connectivity index (χ0) is 14.0. The lowest BCUT2D eigenvalue weighted by Gasteiger charge is -2.17. The summed E-state index contributed by atoms with van der Waals surface area (Å²) in [6.45, 7) is 6.68. The van der Waals surface area contributed by atoms with Gasteiger partial charge >= 0.3 is 0 Å². The van der Waals surface area contributed by atoms with Crippen molar-refractivity contribution in [3.63, 3.8) is 0 Å². The minimum Gasteiger partial charge on any atom is -0.394 e. The van der Waals surface area contributed by atoms with Gasteiger partial charge in [-0.1, -0.05) is 20.8 Å². The maximum absolute atomic E-state index is 11.5. The Hall–Kier alpha value is -1.14. The lowest BCUT2D eigenvalue weighted by atomic mass is 9.96. The molecule has 6 nitrogen and oxygen atoms in total. The van der Waals surface area contributed by atoms with Crippen molar-refractivity contribution in [3.05, 3.63) is 0 Å². The van der Waals surface area contributed by atoms with Gasteiger partial charge in [0.15, 0.2) is 0 Å². The van der Waals surface area contributed by atoms with Crippen LogP contribution < -0.4 is 10.6 Å². The molecule has 0 aliphatic rings. The van der Waals surface area contributed by atoms with Gasteiger partial charge in [-0.2, -0.15) is 0 Å². The summed E-state index contributed by atoms with van der Waals surface area (Å²) in [6, 6.07) is 0. The van der Waals surface area contributed by atoms with Crippen LogP contribution in [0.1, 0.15) is 27.2 Å². The van der Waals surface area contributed by atoms with Crippen LogP contribution >= 0.6 is 0 Å². The number of ether oxygens (including phenoxy) is 1. The fraction of sp³-hybridized carbons (Fsp3) is 0.833. The molecule has 0 spiro atoms. The van der Waals surface area contributed by atoms with E-state index in [4.69, 9.17) is 9.84 Å². The van der Waals surface area contributed by atoms with Crippen LogP contribution in [0.2, 0.25) is 0 Å². The average molecular weight is 260 g/mol. The number of nitrogens with one attached hydrogen (secondary N) is 2. The average Bonchev–Trinajstić information content (AvgIpc) is 2.29. The lowest BCUT2D eigenvalue weighted by Crippen LogP contribution is -2.42. The van der Waals surface area contributed by atoms with E-state index in [-0.39, 0.29) is 25.0 Å². The van der Waals surface area contributed by atoms with Gasteiger partial charge in [0.1, 0.15) is 0 Å². The molecule has 0 aliphatic heterocycles. The van der Waals surface area contributed by atoms with Crippen molar-refractivity contribution in [1.82, 2.24) is 10.6 Å². The van der Waals surface area contributed by atoms with Crippen LogP contribution in [-0.2, 0) is 14.3 Å². The van der Waals surface area contributed by atoms with Crippen LogP contribution in [0.15, 0.2) is 0 Å². The van der Waals surface area contributed by atoms with Crippen LogP contribution in [-0.4, -0.2) is 49.8 Å². The molecular weight excluding hydrogens is 236 g/mol. The van der Waals surface area contributed by atoms with E-state index in [2.05, 4.69) is 10.6 Å². The third kappa shape index (κ3) is 8.95. The second kappa shape index (κ2) is 8.88. The molecule has 0 rings (SSSR count). The van der Waals surface area contributed by atoms with E-state index in [1.54, 1.807) is 20.8 Å². The fourth-order valence-electron chi connectivity index (χ4n) is 1.06. The molecule has 0 aromatic heterocycles. The fourth-order valence-corrected chi connectivity index (χ4v) is 1.06. The largest absolute Gasteiger partial charge is 0.394 e. The number of carbonyl (C=O) groups is 2. The minimum atomic E-state index is -0.488. The molecule has 0 aromatic rings. The topological polar surface area (TPSA) is 87.7 Å². The summed E-state index contributed by atoms with van der Waals surface area (Å²) in [5, 5.41) is 13.7. The van der Waals surface area contributed by atoms with Crippen LogP contribution in [0, 0.1) is 5.41 Å². The Morgan fingerprint density at radius 2 is 1.83 bits per heavy atom. The summed E-state index contributed by atoms with van der Waals surface area (Å²) in [6.07, 6.45) is 0.680. The molecule has 0 heterocycles. The predicted molar refractivity (Wildman–Crippen MR) is 68.0 cm³/mol. The number of hydrogen-bond acceptors (Lipinski definition) is 4. The van der Waals surface area contributed by atoms with Crippen molar-refractivity contribution in [2.24, 2.45) is 5.41 Å². The van der Waals surface area contributed by atoms with Gasteiger partial charge in [-0.25, -0.2) is 0 Å². The molecule has 0 saturated heterocycles. The molecule has 0 fully saturated rings. The highest BCUT2D eigenvalue weighted by atomic mass is 16.5. The zero-order valence-electron chi connectivity index (χ0n) is 11.4. The van der Waals surface area contributed by atoms with E-state index in [0.717, 1.165) is 0 Å². The molecule has 0 bridgehead atoms. The summed E-state index contributed by atoms with van der Waals surface area (Å²) in [4.78, 5) is 22.8. The summed E-state index contributed by atoms with van der Waals surface area (Å²) in [7, 11) is 0. The Labute approximate surface area is 108 Å². The van der Waals surface area contributed by atoms with Gasteiger partial charge in [-0.15, -0.1) is 0 Å². The SMILES string of the molecule is CC(C)(C)C(=O)NCC(=O)NCCCOCCO. The smallest absolute Gasteiger partial charge is 0.239 e. The van der Waals surface area contributed by atoms with Crippen molar-refractivity contribution in [2.45, 2.75) is 27.2 Å². The van der Waals surface area contributed by atoms with Gasteiger partial charge in [0, 0.05) is 18.6 Å². The van der Waals surface area contributed by atoms with Crippen molar-refractivity contribution in [3.8, 4) is 0 Å². The van der Waals surface area contributed by atoms with Gasteiger partial charge in [0.25, 0.3) is 0 Å². The maximum atomic E-state index is 11.5. The number of rotatable bonds is 8. The Bertz CT molecular complexity index is 261. The Morgan fingerprint density at radius 3 is 2.39 bits per heavy atom. The Morgan fingerprint density at radius 1 is 1.17 bits per heavy atom. The highest BCUT2D eigenvalue weighted by Gasteiger charge is 2.21. The first-order valence-electron chi connectivity index (χ1n) is 6.11. The van der Waals surface area contributed by atoms with E-state index in [0.29, 0.717) is 26.2 Å². The standard InChI is InChI=1S/C12H24N2O4/c1-12(2,3)11(17)14-9-10(16)13-5-4-7-18-8-6-15/h15H,4-9H2,1-3H3,(H,13,16)(H,14,17). The lowest BCUT2D eigenvalue weighted by molar-refractivity contribution is -0.131. The number of aliphatic hydroxyl groups is 1. The van der Waals surface area contributed by atoms with E-state index < -0.39 is 5.41 Å². The van der Waals surface area contributed by atoms with Crippen LogP contribution in [0.5, 0.6) is 0 Å².